The number of halogens is 8. The number of hydrogen-bond acceptors (Lipinski definition) is 14. The number of fused-ring (bicyclic) bond motifs is 2. The number of aromatic nitrogens is 8. The van der Waals surface area contributed by atoms with E-state index in [2.05, 4.69) is 30.1 Å². The van der Waals surface area contributed by atoms with Crippen molar-refractivity contribution < 1.29 is 45.3 Å². The van der Waals surface area contributed by atoms with Gasteiger partial charge in [-0.2, -0.15) is 9.97 Å². The van der Waals surface area contributed by atoms with Crippen molar-refractivity contribution >= 4 is 58.1 Å². The zero-order chi connectivity index (χ0) is 54.1. The number of nitrogens with one attached hydrogen (secondary N) is 2. The molecule has 24 heteroatoms. The van der Waals surface area contributed by atoms with Gasteiger partial charge in [0.1, 0.15) is 57.6 Å². The van der Waals surface area contributed by atoms with Gasteiger partial charge < -0.3 is 48.5 Å². The van der Waals surface area contributed by atoms with Crippen LogP contribution in [0.1, 0.15) is 58.3 Å². The summed E-state index contributed by atoms with van der Waals surface area (Å²) in [6.07, 6.45) is 0.140. The normalized spacial score (nSPS) is 14.8. The Morgan fingerprint density at radius 2 is 0.934 bits per heavy atom. The van der Waals surface area contributed by atoms with Crippen LogP contribution >= 0.6 is 23.2 Å². The molecule has 0 saturated carbocycles. The van der Waals surface area contributed by atoms with Gasteiger partial charge in [-0.25, -0.2) is 19.9 Å². The Morgan fingerprint density at radius 3 is 1.25 bits per heavy atom. The summed E-state index contributed by atoms with van der Waals surface area (Å²) in [4.78, 5) is 31.1. The van der Waals surface area contributed by atoms with E-state index >= 15 is 0 Å². The van der Waals surface area contributed by atoms with Gasteiger partial charge >= 0.3 is 12.7 Å². The number of nitrogens with zero attached hydrogens (tertiary/aromatic N) is 10. The maximum atomic E-state index is 12.6. The first-order valence-corrected chi connectivity index (χ1v) is 24.2. The molecule has 0 amide bonds. The second kappa shape index (κ2) is 21.7. The van der Waals surface area contributed by atoms with Crippen molar-refractivity contribution in [1.29, 1.82) is 0 Å². The van der Waals surface area contributed by atoms with Gasteiger partial charge in [0.05, 0.1) is 37.0 Å². The monoisotopic (exact) mass is 1090 g/mol. The molecule has 0 radical (unpaired) electrons. The SMILES string of the molecule is COc1cc(Nc2nc3c(c(N(C)C)n2)CC[C@@H]3c2ccc(OC(F)(F)F)cc2)ccc1-n1cnc(Cl)c1.COc1cc(Nc2nc3c(c(N(C)C)n2)CC[C@H]3c2ccc(OC(F)(F)F)cc2)ccc1-n1cnc(Cl)c1. The van der Waals surface area contributed by atoms with Crippen LogP contribution in [0.3, 0.4) is 0 Å². The van der Waals surface area contributed by atoms with Crippen LogP contribution < -0.4 is 39.4 Å². The van der Waals surface area contributed by atoms with E-state index in [9.17, 15) is 26.3 Å². The van der Waals surface area contributed by atoms with Crippen LogP contribution in [0.25, 0.3) is 11.4 Å². The van der Waals surface area contributed by atoms with Crippen molar-refractivity contribution in [2.75, 3.05) is 62.8 Å². The summed E-state index contributed by atoms with van der Waals surface area (Å²) in [6.45, 7) is 0. The molecule has 396 valence electrons. The van der Waals surface area contributed by atoms with Crippen molar-refractivity contribution in [2.45, 2.75) is 50.2 Å². The van der Waals surface area contributed by atoms with E-state index in [0.29, 0.717) is 45.1 Å². The molecule has 0 aliphatic heterocycles. The molecule has 10 rings (SSSR count). The van der Waals surface area contributed by atoms with E-state index in [-0.39, 0.29) is 23.3 Å². The van der Waals surface area contributed by atoms with E-state index in [4.69, 9.17) is 52.6 Å². The minimum absolute atomic E-state index is 0.0879. The molecule has 4 heterocycles. The fourth-order valence-electron chi connectivity index (χ4n) is 9.25. The molecule has 4 aromatic carbocycles. The molecule has 2 atom stereocenters. The Kier molecular flexibility index (Phi) is 15.1. The Bertz CT molecular complexity index is 3130. The molecular weight excluding hydrogens is 1040 g/mol. The maximum absolute atomic E-state index is 12.6. The topological polar surface area (TPSA) is 155 Å². The van der Waals surface area contributed by atoms with Crippen LogP contribution in [-0.2, 0) is 12.8 Å². The van der Waals surface area contributed by atoms with Crippen molar-refractivity contribution in [3.05, 3.63) is 154 Å². The quantitative estimate of drug-likeness (QED) is 0.0992. The maximum Gasteiger partial charge on any atom is 0.573 e. The smallest absolute Gasteiger partial charge is 0.494 e. The number of ether oxygens (including phenoxy) is 4. The Labute approximate surface area is 442 Å². The average Bonchev–Trinajstić information content (AvgIpc) is 4.21. The lowest BCUT2D eigenvalue weighted by Crippen LogP contribution is -2.17. The van der Waals surface area contributed by atoms with Gasteiger partial charge in [0.15, 0.2) is 0 Å². The van der Waals surface area contributed by atoms with Gasteiger partial charge in [-0.3, -0.25) is 0 Å². The van der Waals surface area contributed by atoms with E-state index in [1.54, 1.807) is 72.7 Å². The number of imidazole rings is 2. The second-order valence-electron chi connectivity index (χ2n) is 17.9. The van der Waals surface area contributed by atoms with Crippen LogP contribution in [0.4, 0.5) is 61.2 Å². The summed E-state index contributed by atoms with van der Waals surface area (Å²) in [5.41, 5.74) is 8.39. The highest BCUT2D eigenvalue weighted by atomic mass is 35.5. The molecule has 2 N–H and O–H groups in total. The zero-order valence-corrected chi connectivity index (χ0v) is 43.0. The summed E-state index contributed by atoms with van der Waals surface area (Å²) in [6, 6.07) is 23.0. The molecule has 0 saturated heterocycles. The van der Waals surface area contributed by atoms with Gasteiger partial charge in [-0.1, -0.05) is 47.5 Å². The highest BCUT2D eigenvalue weighted by molar-refractivity contribution is 6.29. The van der Waals surface area contributed by atoms with Crippen molar-refractivity contribution in [1.82, 2.24) is 39.0 Å². The summed E-state index contributed by atoms with van der Waals surface area (Å²) < 4.78 is 98.1. The Morgan fingerprint density at radius 1 is 0.553 bits per heavy atom. The van der Waals surface area contributed by atoms with Gasteiger partial charge in [0.2, 0.25) is 11.9 Å². The number of methoxy groups -OCH3 is 2. The van der Waals surface area contributed by atoms with E-state index in [1.807, 2.05) is 74.4 Å². The fourth-order valence-corrected chi connectivity index (χ4v) is 9.54. The minimum atomic E-state index is -4.73. The zero-order valence-electron chi connectivity index (χ0n) is 41.5. The number of alkyl halides is 6. The number of benzene rings is 4. The van der Waals surface area contributed by atoms with Gasteiger partial charge in [-0.15, -0.1) is 26.3 Å². The third-order valence-electron chi connectivity index (χ3n) is 12.5. The molecular formula is C52H48Cl2F6N12O4. The van der Waals surface area contributed by atoms with Crippen LogP contribution in [0.15, 0.2) is 110 Å². The van der Waals surface area contributed by atoms with E-state index in [0.717, 1.165) is 82.3 Å². The molecule has 76 heavy (non-hydrogen) atoms. The van der Waals surface area contributed by atoms with E-state index < -0.39 is 12.7 Å². The highest BCUT2D eigenvalue weighted by Gasteiger charge is 2.35. The molecule has 8 aromatic rings. The molecule has 0 bridgehead atoms. The van der Waals surface area contributed by atoms with Crippen molar-refractivity contribution in [3.63, 3.8) is 0 Å². The molecule has 4 aromatic heterocycles. The molecule has 0 unspecified atom stereocenters. The standard InChI is InChI=1S/2C26H24ClF3N6O2/c2*1-35(2)24-19-10-9-18(15-4-7-17(8-5-15)38-26(28,29)30)23(19)33-25(34-24)32-16-6-11-20(21(12-16)37-3)36-13-22(27)31-14-36/h2*4-8,11-14,18H,9-10H2,1-3H3,(H,32,33,34)/t2*18-/m10/s1. The highest BCUT2D eigenvalue weighted by Crippen LogP contribution is 2.44. The van der Waals surface area contributed by atoms with Crippen LogP contribution in [0.5, 0.6) is 23.0 Å². The van der Waals surface area contributed by atoms with Crippen molar-refractivity contribution in [2.24, 2.45) is 0 Å². The first-order valence-electron chi connectivity index (χ1n) is 23.4. The fraction of sp³-hybridized carbons (Fsp3) is 0.269. The molecule has 0 spiro atoms. The van der Waals surface area contributed by atoms with Gasteiger partial charge in [-0.05, 0) is 85.3 Å². The lowest BCUT2D eigenvalue weighted by Gasteiger charge is -2.19. The summed E-state index contributed by atoms with van der Waals surface area (Å²) in [5.74, 6) is 2.87. The summed E-state index contributed by atoms with van der Waals surface area (Å²) in [7, 11) is 10.8. The molecule has 0 fully saturated rings. The third kappa shape index (κ3) is 12.1. The lowest BCUT2D eigenvalue weighted by atomic mass is 9.96. The summed E-state index contributed by atoms with van der Waals surface area (Å²) in [5, 5.41) is 7.28. The first-order chi connectivity index (χ1) is 36.2. The van der Waals surface area contributed by atoms with Crippen LogP contribution in [0, 0.1) is 0 Å². The summed E-state index contributed by atoms with van der Waals surface area (Å²) >= 11 is 11.9. The molecule has 2 aliphatic rings. The second-order valence-corrected chi connectivity index (χ2v) is 18.7. The predicted octanol–water partition coefficient (Wildman–Crippen LogP) is 12.2. The molecule has 2 aliphatic carbocycles. The Balaban J connectivity index is 0.000000186. The third-order valence-corrected chi connectivity index (χ3v) is 12.9. The van der Waals surface area contributed by atoms with Crippen LogP contribution in [-0.4, -0.2) is 94.2 Å². The number of hydrogen-bond donors (Lipinski definition) is 2. The van der Waals surface area contributed by atoms with Gasteiger partial charge in [0, 0.05) is 87.1 Å². The van der Waals surface area contributed by atoms with Crippen molar-refractivity contribution in [3.8, 4) is 34.4 Å². The van der Waals surface area contributed by atoms with Gasteiger partial charge in [0.25, 0.3) is 0 Å². The predicted molar refractivity (Wildman–Crippen MR) is 276 cm³/mol. The minimum Gasteiger partial charge on any atom is -0.494 e. The Hall–Kier alpha value is -7.98. The van der Waals surface area contributed by atoms with Crippen LogP contribution in [0.2, 0.25) is 10.3 Å². The molecule has 16 nitrogen and oxygen atoms in total. The lowest BCUT2D eigenvalue weighted by molar-refractivity contribution is -0.275. The first kappa shape index (κ1) is 52.9. The number of rotatable bonds is 14. The number of anilines is 6. The average molecular weight is 1090 g/mol. The largest absolute Gasteiger partial charge is 0.573 e. The van der Waals surface area contributed by atoms with E-state index in [1.165, 1.54) is 24.3 Å².